The molecule has 0 saturated heterocycles. The lowest BCUT2D eigenvalue weighted by Crippen LogP contribution is -2.27. The van der Waals surface area contributed by atoms with Crippen LogP contribution < -0.4 is 16.8 Å². The van der Waals surface area contributed by atoms with E-state index in [4.69, 9.17) is 28.2 Å². The summed E-state index contributed by atoms with van der Waals surface area (Å²) in [7, 11) is 0. The summed E-state index contributed by atoms with van der Waals surface area (Å²) in [5, 5.41) is 21.4. The van der Waals surface area contributed by atoms with Crippen LogP contribution in [0.1, 0.15) is 35.6 Å². The first kappa shape index (κ1) is 20.6. The summed E-state index contributed by atoms with van der Waals surface area (Å²) in [5.74, 6) is 0.0100. The maximum absolute atomic E-state index is 12.5. The van der Waals surface area contributed by atoms with E-state index in [9.17, 15) is 9.90 Å². The zero-order valence-corrected chi connectivity index (χ0v) is 16.4. The minimum absolute atomic E-state index is 0.0507. The molecule has 3 aromatic rings. The average Bonchev–Trinajstić information content (AvgIpc) is 3.03. The summed E-state index contributed by atoms with van der Waals surface area (Å²) >= 11 is 5.83. The third-order valence-corrected chi connectivity index (χ3v) is 4.66. The van der Waals surface area contributed by atoms with Gasteiger partial charge in [-0.05, 0) is 31.4 Å². The van der Waals surface area contributed by atoms with Crippen LogP contribution in [0.15, 0.2) is 18.2 Å². The van der Waals surface area contributed by atoms with Crippen LogP contribution in [0.25, 0.3) is 11.0 Å². The SMILES string of the molecule is Nc1nc(N)c(C(=O)NCc2nc3ccc(O)cc3n2CCCCCO)nc1Cl. The van der Waals surface area contributed by atoms with Crippen molar-refractivity contribution < 1.29 is 15.0 Å². The molecular formula is C18H22ClN7O3. The maximum Gasteiger partial charge on any atom is 0.274 e. The molecule has 11 heteroatoms. The van der Waals surface area contributed by atoms with Crippen LogP contribution in [0.4, 0.5) is 11.6 Å². The number of aryl methyl sites for hydroxylation is 1. The summed E-state index contributed by atoms with van der Waals surface area (Å²) in [6.45, 7) is 0.874. The Kier molecular flexibility index (Phi) is 6.35. The molecule has 0 aliphatic rings. The number of halogens is 1. The Morgan fingerprint density at radius 3 is 2.69 bits per heavy atom. The highest BCUT2D eigenvalue weighted by molar-refractivity contribution is 6.31. The molecule has 0 spiro atoms. The van der Waals surface area contributed by atoms with Crippen molar-refractivity contribution in [1.82, 2.24) is 24.8 Å². The van der Waals surface area contributed by atoms with Gasteiger partial charge in [0.2, 0.25) is 0 Å². The number of rotatable bonds is 8. The lowest BCUT2D eigenvalue weighted by molar-refractivity contribution is 0.0945. The lowest BCUT2D eigenvalue weighted by Gasteiger charge is -2.11. The van der Waals surface area contributed by atoms with Gasteiger partial charge >= 0.3 is 0 Å². The van der Waals surface area contributed by atoms with Crippen molar-refractivity contribution in [3.63, 3.8) is 0 Å². The number of benzene rings is 1. The number of anilines is 2. The molecule has 0 aliphatic heterocycles. The number of aromatic hydroxyl groups is 1. The number of imidazole rings is 1. The predicted octanol–water partition coefficient (Wildman–Crippen LogP) is 1.44. The molecule has 29 heavy (non-hydrogen) atoms. The number of hydrogen-bond donors (Lipinski definition) is 5. The number of fused-ring (bicyclic) bond motifs is 1. The van der Waals surface area contributed by atoms with Gasteiger partial charge in [0.25, 0.3) is 5.91 Å². The van der Waals surface area contributed by atoms with Crippen molar-refractivity contribution in [2.75, 3.05) is 18.1 Å². The first-order valence-corrected chi connectivity index (χ1v) is 9.44. The fourth-order valence-electron chi connectivity index (χ4n) is 2.96. The third kappa shape index (κ3) is 4.66. The second-order valence-electron chi connectivity index (χ2n) is 6.45. The molecule has 0 bridgehead atoms. The van der Waals surface area contributed by atoms with E-state index in [1.54, 1.807) is 18.2 Å². The smallest absolute Gasteiger partial charge is 0.274 e. The van der Waals surface area contributed by atoms with Crippen molar-refractivity contribution in [3.8, 4) is 5.75 Å². The second kappa shape index (κ2) is 8.93. The number of aliphatic hydroxyl groups excluding tert-OH is 1. The number of hydrogen-bond acceptors (Lipinski definition) is 8. The van der Waals surface area contributed by atoms with Crippen molar-refractivity contribution >= 4 is 40.2 Å². The molecule has 0 fully saturated rings. The number of nitrogens with one attached hydrogen (secondary N) is 1. The third-order valence-electron chi connectivity index (χ3n) is 4.38. The summed E-state index contributed by atoms with van der Waals surface area (Å²) in [5.41, 5.74) is 12.6. The van der Waals surface area contributed by atoms with E-state index in [1.807, 2.05) is 4.57 Å². The van der Waals surface area contributed by atoms with Gasteiger partial charge < -0.3 is 31.6 Å². The molecule has 2 aromatic heterocycles. The minimum Gasteiger partial charge on any atom is -0.508 e. The Morgan fingerprint density at radius 1 is 1.14 bits per heavy atom. The van der Waals surface area contributed by atoms with Crippen LogP contribution in [-0.2, 0) is 13.1 Å². The number of carbonyl (C=O) groups excluding carboxylic acids is 1. The molecule has 0 atom stereocenters. The van der Waals surface area contributed by atoms with E-state index >= 15 is 0 Å². The van der Waals surface area contributed by atoms with Gasteiger partial charge in [0.05, 0.1) is 17.6 Å². The monoisotopic (exact) mass is 419 g/mol. The zero-order chi connectivity index (χ0) is 21.0. The van der Waals surface area contributed by atoms with Gasteiger partial charge in [-0.15, -0.1) is 0 Å². The molecule has 154 valence electrons. The van der Waals surface area contributed by atoms with Crippen LogP contribution in [-0.4, -0.2) is 42.2 Å². The first-order valence-electron chi connectivity index (χ1n) is 9.06. The molecule has 1 amide bonds. The minimum atomic E-state index is -0.557. The second-order valence-corrected chi connectivity index (χ2v) is 6.81. The summed E-state index contributed by atoms with van der Waals surface area (Å²) in [6, 6.07) is 4.90. The molecule has 0 saturated carbocycles. The van der Waals surface area contributed by atoms with Crippen molar-refractivity contribution in [2.24, 2.45) is 0 Å². The number of nitrogens with two attached hydrogens (primary N) is 2. The normalized spacial score (nSPS) is 11.1. The fraction of sp³-hybridized carbons (Fsp3) is 0.333. The summed E-state index contributed by atoms with van der Waals surface area (Å²) < 4.78 is 1.93. The number of carbonyl (C=O) groups is 1. The Hall–Kier alpha value is -3.11. The van der Waals surface area contributed by atoms with Crippen LogP contribution >= 0.6 is 11.6 Å². The Morgan fingerprint density at radius 2 is 1.93 bits per heavy atom. The molecular weight excluding hydrogens is 398 g/mol. The highest BCUT2D eigenvalue weighted by atomic mass is 35.5. The number of phenols is 1. The Balaban J connectivity index is 1.81. The molecule has 0 aliphatic carbocycles. The van der Waals surface area contributed by atoms with Gasteiger partial charge in [-0.3, -0.25) is 4.79 Å². The van der Waals surface area contributed by atoms with Crippen LogP contribution in [0.5, 0.6) is 5.75 Å². The van der Waals surface area contributed by atoms with Crippen molar-refractivity contribution in [2.45, 2.75) is 32.4 Å². The number of phenolic OH excluding ortho intramolecular Hbond substituents is 1. The van der Waals surface area contributed by atoms with Gasteiger partial charge in [0.15, 0.2) is 22.5 Å². The molecule has 0 unspecified atom stereocenters. The maximum atomic E-state index is 12.5. The number of amides is 1. The lowest BCUT2D eigenvalue weighted by atomic mass is 10.2. The van der Waals surface area contributed by atoms with Crippen LogP contribution in [0.2, 0.25) is 5.15 Å². The number of aliphatic hydroxyl groups is 1. The van der Waals surface area contributed by atoms with Crippen LogP contribution in [0.3, 0.4) is 0 Å². The van der Waals surface area contributed by atoms with Gasteiger partial charge in [0, 0.05) is 19.2 Å². The predicted molar refractivity (Wildman–Crippen MR) is 109 cm³/mol. The van der Waals surface area contributed by atoms with Gasteiger partial charge in [0.1, 0.15) is 11.6 Å². The van der Waals surface area contributed by atoms with Gasteiger partial charge in [-0.1, -0.05) is 11.6 Å². The topological polar surface area (TPSA) is 165 Å². The van der Waals surface area contributed by atoms with E-state index in [1.165, 1.54) is 0 Å². The van der Waals surface area contributed by atoms with Crippen molar-refractivity contribution in [1.29, 1.82) is 0 Å². The highest BCUT2D eigenvalue weighted by Gasteiger charge is 2.18. The molecule has 1 aromatic carbocycles. The average molecular weight is 420 g/mol. The summed E-state index contributed by atoms with van der Waals surface area (Å²) in [4.78, 5) is 24.7. The first-order chi connectivity index (χ1) is 13.9. The number of nitrogen functional groups attached to an aromatic ring is 2. The number of nitrogens with zero attached hydrogens (tertiary/aromatic N) is 4. The fourth-order valence-corrected chi connectivity index (χ4v) is 3.08. The standard InChI is InChI=1S/C18H22ClN7O3/c19-15-17(21)25-16(20)14(24-15)18(29)22-9-13-23-11-5-4-10(28)8-12(11)26(13)6-2-1-3-7-27/h4-5,8,27-28H,1-3,6-7,9H2,(H,22,29)(H4,20,21,25). The summed E-state index contributed by atoms with van der Waals surface area (Å²) in [6.07, 6.45) is 2.37. The number of unbranched alkanes of at least 4 members (excludes halogenated alkanes) is 2. The van der Waals surface area contributed by atoms with Crippen LogP contribution in [0, 0.1) is 0 Å². The van der Waals surface area contributed by atoms with Gasteiger partial charge in [-0.25, -0.2) is 15.0 Å². The highest BCUT2D eigenvalue weighted by Crippen LogP contribution is 2.22. The Labute approximate surface area is 171 Å². The molecule has 7 N–H and O–H groups in total. The van der Waals surface area contributed by atoms with E-state index in [2.05, 4.69) is 20.3 Å². The molecule has 2 heterocycles. The van der Waals surface area contributed by atoms with Gasteiger partial charge in [-0.2, -0.15) is 0 Å². The zero-order valence-electron chi connectivity index (χ0n) is 15.6. The number of aromatic nitrogens is 4. The molecule has 10 nitrogen and oxygen atoms in total. The van der Waals surface area contributed by atoms with Crippen molar-refractivity contribution in [3.05, 3.63) is 34.9 Å². The van der Waals surface area contributed by atoms with E-state index in [-0.39, 0.29) is 41.4 Å². The van der Waals surface area contributed by atoms with E-state index in [0.29, 0.717) is 24.3 Å². The molecule has 0 radical (unpaired) electrons. The largest absolute Gasteiger partial charge is 0.508 e. The quantitative estimate of drug-likeness (QED) is 0.342. The van der Waals surface area contributed by atoms with E-state index in [0.717, 1.165) is 18.4 Å². The van der Waals surface area contributed by atoms with E-state index < -0.39 is 5.91 Å². The molecule has 3 rings (SSSR count). The Bertz CT molecular complexity index is 1040.